The first-order valence-electron chi connectivity index (χ1n) is 5.48. The van der Waals surface area contributed by atoms with Crippen LogP contribution in [0.1, 0.15) is 25.3 Å². The SMILES string of the molecule is CC(CCl)CCCNCc1ccncc1. The molecule has 15 heavy (non-hydrogen) atoms. The molecule has 0 spiro atoms. The average Bonchev–Trinajstić information content (AvgIpc) is 2.29. The van der Waals surface area contributed by atoms with Crippen LogP contribution in [0, 0.1) is 5.92 Å². The zero-order valence-electron chi connectivity index (χ0n) is 9.25. The largest absolute Gasteiger partial charge is 0.313 e. The fourth-order valence-corrected chi connectivity index (χ4v) is 1.54. The number of aromatic nitrogens is 1. The van der Waals surface area contributed by atoms with E-state index in [2.05, 4.69) is 17.2 Å². The smallest absolute Gasteiger partial charge is 0.0271 e. The Balaban J connectivity index is 2.03. The Morgan fingerprint density at radius 1 is 1.40 bits per heavy atom. The van der Waals surface area contributed by atoms with Crippen LogP contribution in [-0.4, -0.2) is 17.4 Å². The fraction of sp³-hybridized carbons (Fsp3) is 0.583. The van der Waals surface area contributed by atoms with Gasteiger partial charge in [0.2, 0.25) is 0 Å². The number of pyridine rings is 1. The van der Waals surface area contributed by atoms with Crippen LogP contribution in [-0.2, 0) is 6.54 Å². The van der Waals surface area contributed by atoms with E-state index in [1.54, 1.807) is 0 Å². The van der Waals surface area contributed by atoms with Crippen LogP contribution in [0.25, 0.3) is 0 Å². The van der Waals surface area contributed by atoms with Crippen molar-refractivity contribution < 1.29 is 0 Å². The van der Waals surface area contributed by atoms with E-state index in [9.17, 15) is 0 Å². The maximum absolute atomic E-state index is 5.73. The molecule has 1 rings (SSSR count). The third-order valence-corrected chi connectivity index (χ3v) is 2.92. The fourth-order valence-electron chi connectivity index (χ4n) is 1.39. The second-order valence-corrected chi connectivity index (χ2v) is 4.24. The summed E-state index contributed by atoms with van der Waals surface area (Å²) in [6.07, 6.45) is 6.05. The van der Waals surface area contributed by atoms with Gasteiger partial charge >= 0.3 is 0 Å². The predicted molar refractivity (Wildman–Crippen MR) is 65.1 cm³/mol. The number of alkyl halides is 1. The lowest BCUT2D eigenvalue weighted by Gasteiger charge is -2.07. The average molecular weight is 227 g/mol. The Morgan fingerprint density at radius 2 is 2.13 bits per heavy atom. The summed E-state index contributed by atoms with van der Waals surface area (Å²) in [5, 5.41) is 3.41. The van der Waals surface area contributed by atoms with E-state index < -0.39 is 0 Å². The third kappa shape index (κ3) is 5.75. The minimum absolute atomic E-state index is 0.634. The van der Waals surface area contributed by atoms with Crippen LogP contribution in [0.4, 0.5) is 0 Å². The first-order valence-corrected chi connectivity index (χ1v) is 6.02. The van der Waals surface area contributed by atoms with Crippen LogP contribution in [0.2, 0.25) is 0 Å². The van der Waals surface area contributed by atoms with Gasteiger partial charge < -0.3 is 5.32 Å². The molecule has 0 bridgehead atoms. The molecule has 0 saturated heterocycles. The Bertz CT molecular complexity index is 251. The van der Waals surface area contributed by atoms with Crippen molar-refractivity contribution in [1.29, 1.82) is 0 Å². The topological polar surface area (TPSA) is 24.9 Å². The van der Waals surface area contributed by atoms with Gasteiger partial charge in [-0.1, -0.05) is 6.92 Å². The number of nitrogens with zero attached hydrogens (tertiary/aromatic N) is 1. The monoisotopic (exact) mass is 226 g/mol. The number of rotatable bonds is 7. The summed E-state index contributed by atoms with van der Waals surface area (Å²) in [6, 6.07) is 4.07. The quantitative estimate of drug-likeness (QED) is 0.571. The van der Waals surface area contributed by atoms with Gasteiger partial charge in [0.1, 0.15) is 0 Å². The van der Waals surface area contributed by atoms with E-state index in [-0.39, 0.29) is 0 Å². The van der Waals surface area contributed by atoms with Crippen molar-refractivity contribution in [2.75, 3.05) is 12.4 Å². The predicted octanol–water partition coefficient (Wildman–Crippen LogP) is 2.83. The minimum Gasteiger partial charge on any atom is -0.313 e. The third-order valence-electron chi connectivity index (χ3n) is 2.39. The molecule has 1 aromatic heterocycles. The first-order chi connectivity index (χ1) is 7.33. The van der Waals surface area contributed by atoms with Gasteiger partial charge in [0.05, 0.1) is 0 Å². The van der Waals surface area contributed by atoms with Crippen molar-refractivity contribution in [3.05, 3.63) is 30.1 Å². The van der Waals surface area contributed by atoms with Gasteiger partial charge in [-0.05, 0) is 43.0 Å². The normalized spacial score (nSPS) is 12.7. The zero-order valence-corrected chi connectivity index (χ0v) is 10.0. The summed E-state index contributed by atoms with van der Waals surface area (Å²) in [4.78, 5) is 3.98. The summed E-state index contributed by atoms with van der Waals surface area (Å²) in [6.45, 7) is 4.18. The van der Waals surface area contributed by atoms with Gasteiger partial charge in [0, 0.05) is 24.8 Å². The molecular formula is C12H19ClN2. The standard InChI is InChI=1S/C12H19ClN2/c1-11(9-13)3-2-6-15-10-12-4-7-14-8-5-12/h4-5,7-8,11,15H,2-3,6,9-10H2,1H3. The summed E-state index contributed by atoms with van der Waals surface area (Å²) in [5.41, 5.74) is 1.29. The molecule has 1 aromatic rings. The second kappa shape index (κ2) is 7.66. The van der Waals surface area contributed by atoms with Gasteiger partial charge in [-0.3, -0.25) is 4.98 Å². The molecule has 3 heteroatoms. The number of hydrogen-bond acceptors (Lipinski definition) is 2. The van der Waals surface area contributed by atoms with E-state index >= 15 is 0 Å². The number of nitrogens with one attached hydrogen (secondary N) is 1. The lowest BCUT2D eigenvalue weighted by atomic mass is 10.1. The molecule has 1 N–H and O–H groups in total. The van der Waals surface area contributed by atoms with Gasteiger partial charge in [-0.25, -0.2) is 0 Å². The van der Waals surface area contributed by atoms with Crippen LogP contribution in [0.15, 0.2) is 24.5 Å². The second-order valence-electron chi connectivity index (χ2n) is 3.93. The van der Waals surface area contributed by atoms with Crippen molar-refractivity contribution in [1.82, 2.24) is 10.3 Å². The number of halogens is 1. The Hall–Kier alpha value is -0.600. The van der Waals surface area contributed by atoms with Crippen LogP contribution >= 0.6 is 11.6 Å². The molecule has 1 heterocycles. The maximum Gasteiger partial charge on any atom is 0.0271 e. The molecule has 1 atom stereocenters. The first kappa shape index (κ1) is 12.5. The molecule has 1 unspecified atom stereocenters. The maximum atomic E-state index is 5.73. The summed E-state index contributed by atoms with van der Waals surface area (Å²) >= 11 is 5.73. The van der Waals surface area contributed by atoms with Crippen molar-refractivity contribution in [2.24, 2.45) is 5.92 Å². The van der Waals surface area contributed by atoms with Crippen molar-refractivity contribution in [2.45, 2.75) is 26.3 Å². The van der Waals surface area contributed by atoms with Crippen LogP contribution < -0.4 is 5.32 Å². The Kier molecular flexibility index (Phi) is 6.37. The molecule has 84 valence electrons. The summed E-state index contributed by atoms with van der Waals surface area (Å²) in [7, 11) is 0. The van der Waals surface area contributed by atoms with E-state index in [1.807, 2.05) is 24.5 Å². The van der Waals surface area contributed by atoms with Gasteiger partial charge in [0.15, 0.2) is 0 Å². The van der Waals surface area contributed by atoms with Crippen molar-refractivity contribution in [3.8, 4) is 0 Å². The molecule has 2 nitrogen and oxygen atoms in total. The van der Waals surface area contributed by atoms with Crippen LogP contribution in [0.3, 0.4) is 0 Å². The van der Waals surface area contributed by atoms with Gasteiger partial charge in [0.25, 0.3) is 0 Å². The highest BCUT2D eigenvalue weighted by Gasteiger charge is 1.98. The summed E-state index contributed by atoms with van der Waals surface area (Å²) < 4.78 is 0. The molecule has 0 aliphatic heterocycles. The molecule has 0 aliphatic carbocycles. The van der Waals surface area contributed by atoms with Crippen molar-refractivity contribution >= 4 is 11.6 Å². The Morgan fingerprint density at radius 3 is 2.80 bits per heavy atom. The van der Waals surface area contributed by atoms with Gasteiger partial charge in [-0.2, -0.15) is 0 Å². The molecule has 0 fully saturated rings. The number of hydrogen-bond donors (Lipinski definition) is 1. The lowest BCUT2D eigenvalue weighted by molar-refractivity contribution is 0.531. The molecule has 0 aromatic carbocycles. The van der Waals surface area contributed by atoms with E-state index in [1.165, 1.54) is 18.4 Å². The van der Waals surface area contributed by atoms with E-state index in [0.717, 1.165) is 19.0 Å². The van der Waals surface area contributed by atoms with Crippen molar-refractivity contribution in [3.63, 3.8) is 0 Å². The minimum atomic E-state index is 0.634. The highest BCUT2D eigenvalue weighted by molar-refractivity contribution is 6.18. The molecular weight excluding hydrogens is 208 g/mol. The highest BCUT2D eigenvalue weighted by Crippen LogP contribution is 2.06. The molecule has 0 saturated carbocycles. The zero-order chi connectivity index (χ0) is 10.9. The molecule has 0 amide bonds. The van der Waals surface area contributed by atoms with Gasteiger partial charge in [-0.15, -0.1) is 11.6 Å². The molecule has 0 radical (unpaired) electrons. The lowest BCUT2D eigenvalue weighted by Crippen LogP contribution is -2.15. The highest BCUT2D eigenvalue weighted by atomic mass is 35.5. The summed E-state index contributed by atoms with van der Waals surface area (Å²) in [5.74, 6) is 1.40. The van der Waals surface area contributed by atoms with Crippen LogP contribution in [0.5, 0.6) is 0 Å². The van der Waals surface area contributed by atoms with E-state index in [0.29, 0.717) is 5.92 Å². The Labute approximate surface area is 97.1 Å². The van der Waals surface area contributed by atoms with E-state index in [4.69, 9.17) is 11.6 Å². The molecule has 0 aliphatic rings.